The molecular weight excluding hydrogens is 226 g/mol. The number of carboxylic acid groups (broad SMARTS) is 1. The molecule has 2 rings (SSSR count). The van der Waals surface area contributed by atoms with Gasteiger partial charge in [-0.3, -0.25) is 4.79 Å². The molecule has 0 radical (unpaired) electrons. The van der Waals surface area contributed by atoms with Gasteiger partial charge in [0.2, 0.25) is 0 Å². The van der Waals surface area contributed by atoms with Gasteiger partial charge in [0.1, 0.15) is 5.54 Å². The van der Waals surface area contributed by atoms with Gasteiger partial charge in [0.05, 0.1) is 0 Å². The molecular formula is C15H27NO2. The van der Waals surface area contributed by atoms with Crippen LogP contribution in [0.2, 0.25) is 0 Å². The van der Waals surface area contributed by atoms with Crippen molar-refractivity contribution in [2.75, 3.05) is 6.54 Å². The number of hydrogen-bond acceptors (Lipinski definition) is 2. The molecule has 0 saturated heterocycles. The van der Waals surface area contributed by atoms with Gasteiger partial charge in [-0.1, -0.05) is 27.2 Å². The van der Waals surface area contributed by atoms with Crippen molar-refractivity contribution in [3.8, 4) is 0 Å². The minimum absolute atomic E-state index is 0.268. The number of carboxylic acids is 1. The molecule has 0 aromatic carbocycles. The molecule has 3 heteroatoms. The number of carbonyl (C=O) groups is 1. The molecule has 2 N–H and O–H groups in total. The Morgan fingerprint density at radius 3 is 2.50 bits per heavy atom. The Morgan fingerprint density at radius 1 is 1.33 bits per heavy atom. The fourth-order valence-corrected chi connectivity index (χ4v) is 3.59. The van der Waals surface area contributed by atoms with E-state index in [1.54, 1.807) is 0 Å². The smallest absolute Gasteiger partial charge is 0.324 e. The van der Waals surface area contributed by atoms with Crippen molar-refractivity contribution in [3.05, 3.63) is 0 Å². The topological polar surface area (TPSA) is 49.3 Å². The van der Waals surface area contributed by atoms with Crippen LogP contribution in [0, 0.1) is 23.7 Å². The molecule has 3 atom stereocenters. The predicted octanol–water partition coefficient (Wildman–Crippen LogP) is 2.90. The van der Waals surface area contributed by atoms with Crippen molar-refractivity contribution in [2.24, 2.45) is 23.7 Å². The molecule has 0 spiro atoms. The van der Waals surface area contributed by atoms with E-state index in [9.17, 15) is 9.90 Å². The maximum atomic E-state index is 11.9. The third kappa shape index (κ3) is 2.71. The first-order valence-electron chi connectivity index (χ1n) is 7.44. The van der Waals surface area contributed by atoms with E-state index in [1.165, 1.54) is 19.3 Å². The van der Waals surface area contributed by atoms with Crippen LogP contribution in [0.3, 0.4) is 0 Å². The highest BCUT2D eigenvalue weighted by Crippen LogP contribution is 2.42. The van der Waals surface area contributed by atoms with Gasteiger partial charge in [0.15, 0.2) is 0 Å². The van der Waals surface area contributed by atoms with E-state index in [-0.39, 0.29) is 5.92 Å². The van der Waals surface area contributed by atoms with Gasteiger partial charge in [-0.05, 0) is 55.9 Å². The van der Waals surface area contributed by atoms with E-state index >= 15 is 0 Å². The number of rotatable bonds is 5. The lowest BCUT2D eigenvalue weighted by molar-refractivity contribution is -0.151. The average Bonchev–Trinajstić information content (AvgIpc) is 3.09. The van der Waals surface area contributed by atoms with Gasteiger partial charge in [-0.2, -0.15) is 0 Å². The SMILES string of the molecule is CC1CCC(C(C)C)C(NCC2CC2)(C(=O)O)C1. The molecule has 2 aliphatic rings. The third-order valence-electron chi connectivity index (χ3n) is 4.86. The Labute approximate surface area is 110 Å². The predicted molar refractivity (Wildman–Crippen MR) is 72.4 cm³/mol. The summed E-state index contributed by atoms with van der Waals surface area (Å²) in [4.78, 5) is 11.9. The van der Waals surface area contributed by atoms with E-state index in [1.807, 2.05) is 0 Å². The maximum absolute atomic E-state index is 11.9. The summed E-state index contributed by atoms with van der Waals surface area (Å²) in [6.45, 7) is 7.41. The highest BCUT2D eigenvalue weighted by Gasteiger charge is 2.50. The molecule has 3 nitrogen and oxygen atoms in total. The van der Waals surface area contributed by atoms with Crippen LogP contribution in [0.5, 0.6) is 0 Å². The molecule has 0 aromatic rings. The Balaban J connectivity index is 2.16. The molecule has 0 amide bonds. The zero-order valence-electron chi connectivity index (χ0n) is 11.9. The first-order valence-corrected chi connectivity index (χ1v) is 7.44. The van der Waals surface area contributed by atoms with Crippen molar-refractivity contribution < 1.29 is 9.90 Å². The normalized spacial score (nSPS) is 36.9. The maximum Gasteiger partial charge on any atom is 0.324 e. The largest absolute Gasteiger partial charge is 0.480 e. The molecule has 2 aliphatic carbocycles. The summed E-state index contributed by atoms with van der Waals surface area (Å²) >= 11 is 0. The van der Waals surface area contributed by atoms with Crippen LogP contribution < -0.4 is 5.32 Å². The lowest BCUT2D eigenvalue weighted by atomic mass is 9.65. The summed E-state index contributed by atoms with van der Waals surface area (Å²) in [5, 5.41) is 13.3. The van der Waals surface area contributed by atoms with Gasteiger partial charge in [0.25, 0.3) is 0 Å². The van der Waals surface area contributed by atoms with Crippen LogP contribution in [0.4, 0.5) is 0 Å². The van der Waals surface area contributed by atoms with Crippen LogP contribution in [0.15, 0.2) is 0 Å². The third-order valence-corrected chi connectivity index (χ3v) is 4.86. The number of aliphatic carboxylic acids is 1. The fourth-order valence-electron chi connectivity index (χ4n) is 3.59. The van der Waals surface area contributed by atoms with Crippen molar-refractivity contribution in [1.82, 2.24) is 5.32 Å². The molecule has 0 bridgehead atoms. The first-order chi connectivity index (χ1) is 8.45. The molecule has 2 saturated carbocycles. The molecule has 18 heavy (non-hydrogen) atoms. The Morgan fingerprint density at radius 2 is 2.00 bits per heavy atom. The summed E-state index contributed by atoms with van der Waals surface area (Å²) in [6, 6.07) is 0. The van der Waals surface area contributed by atoms with Gasteiger partial charge >= 0.3 is 5.97 Å². The van der Waals surface area contributed by atoms with E-state index in [2.05, 4.69) is 26.1 Å². The summed E-state index contributed by atoms with van der Waals surface area (Å²) in [5.74, 6) is 1.31. The van der Waals surface area contributed by atoms with E-state index < -0.39 is 11.5 Å². The lowest BCUT2D eigenvalue weighted by Gasteiger charge is -2.46. The van der Waals surface area contributed by atoms with Crippen LogP contribution in [-0.4, -0.2) is 23.2 Å². The van der Waals surface area contributed by atoms with E-state index in [0.29, 0.717) is 11.8 Å². The van der Waals surface area contributed by atoms with Gasteiger partial charge in [-0.15, -0.1) is 0 Å². The van der Waals surface area contributed by atoms with Crippen molar-refractivity contribution in [3.63, 3.8) is 0 Å². The monoisotopic (exact) mass is 253 g/mol. The standard InChI is InChI=1S/C15H27NO2/c1-10(2)13-7-4-11(3)8-15(13,14(17)18)16-9-12-5-6-12/h10-13,16H,4-9H2,1-3H3,(H,17,18). The Kier molecular flexibility index (Phi) is 4.00. The molecule has 0 heterocycles. The molecule has 0 aliphatic heterocycles. The zero-order chi connectivity index (χ0) is 13.3. The molecule has 3 unspecified atom stereocenters. The second kappa shape index (κ2) is 5.20. The van der Waals surface area contributed by atoms with Crippen LogP contribution in [-0.2, 0) is 4.79 Å². The lowest BCUT2D eigenvalue weighted by Crippen LogP contribution is -2.61. The summed E-state index contributed by atoms with van der Waals surface area (Å²) in [5.41, 5.74) is -0.672. The average molecular weight is 253 g/mol. The zero-order valence-corrected chi connectivity index (χ0v) is 11.9. The summed E-state index contributed by atoms with van der Waals surface area (Å²) < 4.78 is 0. The molecule has 2 fully saturated rings. The summed E-state index contributed by atoms with van der Waals surface area (Å²) in [7, 11) is 0. The first kappa shape index (κ1) is 13.9. The van der Waals surface area contributed by atoms with Crippen molar-refractivity contribution >= 4 is 5.97 Å². The fraction of sp³-hybridized carbons (Fsp3) is 0.933. The number of nitrogens with one attached hydrogen (secondary N) is 1. The van der Waals surface area contributed by atoms with E-state index in [0.717, 1.165) is 25.3 Å². The summed E-state index contributed by atoms with van der Waals surface area (Å²) in [6.07, 6.45) is 5.54. The molecule has 104 valence electrons. The van der Waals surface area contributed by atoms with Gasteiger partial charge in [0, 0.05) is 0 Å². The van der Waals surface area contributed by atoms with Gasteiger partial charge < -0.3 is 10.4 Å². The second-order valence-electron chi connectivity index (χ2n) is 6.84. The van der Waals surface area contributed by atoms with Crippen molar-refractivity contribution in [2.45, 2.75) is 58.4 Å². The van der Waals surface area contributed by atoms with Crippen LogP contribution in [0.1, 0.15) is 52.9 Å². The Bertz CT molecular complexity index is 312. The minimum atomic E-state index is -0.672. The van der Waals surface area contributed by atoms with E-state index in [4.69, 9.17) is 0 Å². The Hall–Kier alpha value is -0.570. The number of hydrogen-bond donors (Lipinski definition) is 2. The highest BCUT2D eigenvalue weighted by atomic mass is 16.4. The minimum Gasteiger partial charge on any atom is -0.480 e. The highest BCUT2D eigenvalue weighted by molar-refractivity contribution is 5.79. The van der Waals surface area contributed by atoms with Crippen LogP contribution >= 0.6 is 0 Å². The van der Waals surface area contributed by atoms with Crippen molar-refractivity contribution in [1.29, 1.82) is 0 Å². The molecule has 0 aromatic heterocycles. The van der Waals surface area contributed by atoms with Crippen LogP contribution in [0.25, 0.3) is 0 Å². The quantitative estimate of drug-likeness (QED) is 0.792. The second-order valence-corrected chi connectivity index (χ2v) is 6.84. The van der Waals surface area contributed by atoms with Gasteiger partial charge in [-0.25, -0.2) is 0 Å².